The van der Waals surface area contributed by atoms with Gasteiger partial charge in [0.05, 0.1) is 5.97 Å². The number of para-hydroxylation sites is 1. The number of nitrogens with one attached hydrogen (secondary N) is 1. The molecule has 1 saturated heterocycles. The minimum absolute atomic E-state index is 0. The smallest absolute Gasteiger partial charge is 0.545 e. The Morgan fingerprint density at radius 1 is 1.32 bits per heavy atom. The van der Waals surface area contributed by atoms with Crippen molar-refractivity contribution in [2.45, 2.75) is 18.9 Å². The van der Waals surface area contributed by atoms with Crippen LogP contribution in [0.15, 0.2) is 24.3 Å². The number of phenols is 1. The van der Waals surface area contributed by atoms with Gasteiger partial charge in [-0.2, -0.15) is 0 Å². The predicted molar refractivity (Wildman–Crippen MR) is 61.1 cm³/mol. The first-order chi connectivity index (χ1) is 8.52. The molecule has 0 aromatic heterocycles. The topological polar surface area (TPSA) is 110 Å². The summed E-state index contributed by atoms with van der Waals surface area (Å²) in [6, 6.07) is 5.37. The summed E-state index contributed by atoms with van der Waals surface area (Å²) in [5.74, 6) is -2.34. The van der Waals surface area contributed by atoms with Gasteiger partial charge < -0.3 is 25.4 Å². The molecule has 0 amide bonds. The first-order valence-corrected chi connectivity index (χ1v) is 5.48. The molecule has 0 radical (unpaired) electrons. The van der Waals surface area contributed by atoms with Crippen molar-refractivity contribution in [1.29, 1.82) is 0 Å². The van der Waals surface area contributed by atoms with Crippen LogP contribution in [-0.4, -0.2) is 34.7 Å². The molecular formula is C12H14LiNO5. The Kier molecular flexibility index (Phi) is 7.92. The Labute approximate surface area is 122 Å². The van der Waals surface area contributed by atoms with Crippen LogP contribution >= 0.6 is 0 Å². The average Bonchev–Trinajstić information content (AvgIpc) is 2.83. The number of aromatic carboxylic acids is 1. The van der Waals surface area contributed by atoms with Gasteiger partial charge >= 0.3 is 24.8 Å². The Morgan fingerprint density at radius 2 is 1.95 bits per heavy atom. The van der Waals surface area contributed by atoms with E-state index in [0.29, 0.717) is 0 Å². The second kappa shape index (κ2) is 8.59. The van der Waals surface area contributed by atoms with Gasteiger partial charge in [-0.05, 0) is 31.5 Å². The summed E-state index contributed by atoms with van der Waals surface area (Å²) < 4.78 is 0. The fraction of sp³-hybridized carbons (Fsp3) is 0.333. The molecule has 1 unspecified atom stereocenters. The van der Waals surface area contributed by atoms with Crippen molar-refractivity contribution in [2.75, 3.05) is 6.54 Å². The van der Waals surface area contributed by atoms with E-state index >= 15 is 0 Å². The van der Waals surface area contributed by atoms with Crippen molar-refractivity contribution in [3.63, 3.8) is 0 Å². The SMILES string of the molecule is O=C(O)C1CCCN1.O=C([O-])c1ccccc1O.[Li+]. The van der Waals surface area contributed by atoms with Crippen LogP contribution in [0.4, 0.5) is 0 Å². The molecule has 0 spiro atoms. The molecule has 1 aromatic carbocycles. The molecule has 1 heterocycles. The largest absolute Gasteiger partial charge is 1.00 e. The van der Waals surface area contributed by atoms with Crippen molar-refractivity contribution < 1.29 is 43.8 Å². The van der Waals surface area contributed by atoms with E-state index in [1.54, 1.807) is 6.07 Å². The Hall–Kier alpha value is -1.48. The Morgan fingerprint density at radius 3 is 2.26 bits per heavy atom. The zero-order chi connectivity index (χ0) is 13.5. The summed E-state index contributed by atoms with van der Waals surface area (Å²) in [5.41, 5.74) is -0.178. The molecule has 0 aliphatic carbocycles. The van der Waals surface area contributed by atoms with Crippen LogP contribution in [0.5, 0.6) is 5.75 Å². The summed E-state index contributed by atoms with van der Waals surface area (Å²) in [4.78, 5) is 20.3. The maximum atomic E-state index is 10.2. The number of carboxylic acids is 2. The normalized spacial score (nSPS) is 16.7. The van der Waals surface area contributed by atoms with Crippen LogP contribution in [0.1, 0.15) is 23.2 Å². The number of hydrogen-bond donors (Lipinski definition) is 3. The second-order valence-electron chi connectivity index (χ2n) is 3.79. The molecule has 1 aromatic rings. The van der Waals surface area contributed by atoms with Crippen LogP contribution in [0, 0.1) is 0 Å². The first-order valence-electron chi connectivity index (χ1n) is 5.48. The molecule has 6 nitrogen and oxygen atoms in total. The molecule has 19 heavy (non-hydrogen) atoms. The summed E-state index contributed by atoms with van der Waals surface area (Å²) in [7, 11) is 0. The summed E-state index contributed by atoms with van der Waals surface area (Å²) >= 11 is 0. The van der Waals surface area contributed by atoms with Crippen LogP contribution in [0.25, 0.3) is 0 Å². The molecule has 7 heteroatoms. The van der Waals surface area contributed by atoms with Crippen LogP contribution < -0.4 is 29.3 Å². The molecule has 1 aliphatic rings. The van der Waals surface area contributed by atoms with E-state index in [4.69, 9.17) is 10.2 Å². The molecule has 98 valence electrons. The zero-order valence-electron chi connectivity index (χ0n) is 10.6. The van der Waals surface area contributed by atoms with Crippen LogP contribution in [0.2, 0.25) is 0 Å². The van der Waals surface area contributed by atoms with E-state index < -0.39 is 11.9 Å². The average molecular weight is 259 g/mol. The standard InChI is InChI=1S/C7H6O3.C5H9NO2.Li/c8-6-4-2-1-3-5(6)7(9)10;7-5(8)4-2-1-3-6-4;/h1-4,8H,(H,9,10);4,6H,1-3H2,(H,7,8);/q;;+1/p-1. The first kappa shape index (κ1) is 17.5. The summed E-state index contributed by atoms with van der Waals surface area (Å²) in [6.45, 7) is 0.858. The minimum Gasteiger partial charge on any atom is -0.545 e. The molecule has 1 fully saturated rings. The molecule has 0 bridgehead atoms. The quantitative estimate of drug-likeness (QED) is 0.477. The Balaban J connectivity index is 0.000000331. The van der Waals surface area contributed by atoms with Gasteiger partial charge in [0.1, 0.15) is 11.8 Å². The van der Waals surface area contributed by atoms with Gasteiger partial charge in [-0.25, -0.2) is 0 Å². The summed E-state index contributed by atoms with van der Waals surface area (Å²) in [5, 5.41) is 30.2. The van der Waals surface area contributed by atoms with E-state index in [1.807, 2.05) is 0 Å². The van der Waals surface area contributed by atoms with E-state index in [9.17, 15) is 14.7 Å². The maximum absolute atomic E-state index is 10.2. The van der Waals surface area contributed by atoms with Gasteiger partial charge in [-0.15, -0.1) is 0 Å². The van der Waals surface area contributed by atoms with Crippen molar-refractivity contribution in [1.82, 2.24) is 5.32 Å². The predicted octanol–water partition coefficient (Wildman–Crippen LogP) is -3.42. The third kappa shape index (κ3) is 5.79. The number of carbonyl (C=O) groups is 2. The van der Waals surface area contributed by atoms with Gasteiger partial charge in [-0.1, -0.05) is 12.1 Å². The maximum Gasteiger partial charge on any atom is 1.00 e. The molecule has 1 aliphatic heterocycles. The summed E-state index contributed by atoms with van der Waals surface area (Å²) in [6.07, 6.45) is 1.78. The van der Waals surface area contributed by atoms with E-state index in [1.165, 1.54) is 18.2 Å². The van der Waals surface area contributed by atoms with Crippen molar-refractivity contribution in [3.05, 3.63) is 29.8 Å². The minimum atomic E-state index is -1.36. The number of aromatic hydroxyl groups is 1. The number of benzene rings is 1. The Bertz CT molecular complexity index is 432. The van der Waals surface area contributed by atoms with E-state index in [-0.39, 0.29) is 36.2 Å². The van der Waals surface area contributed by atoms with Gasteiger partial charge in [0.25, 0.3) is 0 Å². The molecule has 3 N–H and O–H groups in total. The third-order valence-corrected chi connectivity index (χ3v) is 2.48. The van der Waals surface area contributed by atoms with E-state index in [0.717, 1.165) is 19.4 Å². The number of hydrogen-bond acceptors (Lipinski definition) is 5. The van der Waals surface area contributed by atoms with Gasteiger partial charge in [-0.3, -0.25) is 4.79 Å². The fourth-order valence-electron chi connectivity index (χ4n) is 1.54. The van der Waals surface area contributed by atoms with Gasteiger partial charge in [0.15, 0.2) is 0 Å². The number of rotatable bonds is 2. The molecule has 0 saturated carbocycles. The van der Waals surface area contributed by atoms with Crippen LogP contribution in [-0.2, 0) is 4.79 Å². The van der Waals surface area contributed by atoms with Crippen molar-refractivity contribution in [3.8, 4) is 5.75 Å². The monoisotopic (exact) mass is 259 g/mol. The van der Waals surface area contributed by atoms with Gasteiger partial charge in [0.2, 0.25) is 0 Å². The van der Waals surface area contributed by atoms with Crippen LogP contribution in [0.3, 0.4) is 0 Å². The van der Waals surface area contributed by atoms with E-state index in [2.05, 4.69) is 5.32 Å². The number of carbonyl (C=O) groups excluding carboxylic acids is 1. The second-order valence-corrected chi connectivity index (χ2v) is 3.79. The van der Waals surface area contributed by atoms with Crippen molar-refractivity contribution in [2.24, 2.45) is 0 Å². The van der Waals surface area contributed by atoms with Gasteiger partial charge in [0, 0.05) is 5.56 Å². The zero-order valence-corrected chi connectivity index (χ0v) is 10.6. The molecule has 2 rings (SSSR count). The van der Waals surface area contributed by atoms with Crippen molar-refractivity contribution >= 4 is 11.9 Å². The fourth-order valence-corrected chi connectivity index (χ4v) is 1.54. The molecule has 1 atom stereocenters. The number of aliphatic carboxylic acids is 1. The third-order valence-electron chi connectivity index (χ3n) is 2.48. The number of carboxylic acid groups (broad SMARTS) is 2. The molecular weight excluding hydrogens is 245 g/mol.